The first-order chi connectivity index (χ1) is 16.0. The van der Waals surface area contributed by atoms with Crippen LogP contribution < -0.4 is 10.6 Å². The number of anilines is 2. The molecule has 0 spiro atoms. The predicted molar refractivity (Wildman–Crippen MR) is 129 cm³/mol. The summed E-state index contributed by atoms with van der Waals surface area (Å²) in [6.45, 7) is 5.97. The van der Waals surface area contributed by atoms with Gasteiger partial charge in [0.2, 0.25) is 5.95 Å². The number of hydrogen-bond acceptors (Lipinski definition) is 5. The van der Waals surface area contributed by atoms with Gasteiger partial charge in [0.05, 0.1) is 17.5 Å². The minimum atomic E-state index is -0.428. The number of carbonyl (C=O) groups is 1. The lowest BCUT2D eigenvalue weighted by atomic mass is 9.94. The molecule has 7 heteroatoms. The molecule has 0 radical (unpaired) electrons. The number of carbonyl (C=O) groups excluding carboxylic acids is 1. The molecule has 1 unspecified atom stereocenters. The monoisotopic (exact) mass is 436 g/mol. The molecule has 33 heavy (non-hydrogen) atoms. The first kappa shape index (κ1) is 20.6. The van der Waals surface area contributed by atoms with Crippen molar-refractivity contribution in [3.8, 4) is 11.4 Å². The van der Waals surface area contributed by atoms with Gasteiger partial charge >= 0.3 is 0 Å². The topological polar surface area (TPSA) is 84.7 Å². The largest absolute Gasteiger partial charge is 0.328 e. The van der Waals surface area contributed by atoms with Crippen LogP contribution in [-0.4, -0.2) is 25.7 Å². The van der Waals surface area contributed by atoms with E-state index in [0.29, 0.717) is 23.0 Å². The molecule has 2 aromatic carbocycles. The average molecular weight is 437 g/mol. The molecule has 2 aromatic heterocycles. The molecule has 0 aliphatic carbocycles. The van der Waals surface area contributed by atoms with Crippen LogP contribution in [0.15, 0.2) is 84.3 Å². The summed E-state index contributed by atoms with van der Waals surface area (Å²) in [6.07, 6.45) is 3.30. The zero-order chi connectivity index (χ0) is 22.9. The van der Waals surface area contributed by atoms with Crippen LogP contribution in [0.5, 0.6) is 0 Å². The van der Waals surface area contributed by atoms with Gasteiger partial charge in [0, 0.05) is 17.5 Å². The molecule has 4 aromatic rings. The number of amides is 1. The molecule has 1 aliphatic heterocycles. The fourth-order valence-electron chi connectivity index (χ4n) is 4.17. The van der Waals surface area contributed by atoms with Crippen molar-refractivity contribution in [3.05, 3.63) is 101 Å². The molecular weight excluding hydrogens is 412 g/mol. The highest BCUT2D eigenvalue weighted by Crippen LogP contribution is 2.37. The van der Waals surface area contributed by atoms with E-state index in [1.807, 2.05) is 74.0 Å². The van der Waals surface area contributed by atoms with Gasteiger partial charge in [0.15, 0.2) is 5.82 Å². The molecule has 164 valence electrons. The molecule has 1 aliphatic rings. The Morgan fingerprint density at radius 3 is 2.64 bits per heavy atom. The van der Waals surface area contributed by atoms with Crippen molar-refractivity contribution in [1.82, 2.24) is 19.7 Å². The third kappa shape index (κ3) is 3.89. The number of aromatic nitrogens is 4. The lowest BCUT2D eigenvalue weighted by molar-refractivity contribution is -0.113. The number of fused-ring (bicyclic) bond motifs is 1. The quantitative estimate of drug-likeness (QED) is 0.476. The van der Waals surface area contributed by atoms with Crippen LogP contribution in [0.1, 0.15) is 29.7 Å². The fourth-order valence-corrected chi connectivity index (χ4v) is 4.17. The Labute approximate surface area is 192 Å². The van der Waals surface area contributed by atoms with E-state index in [1.165, 1.54) is 0 Å². The standard InChI is InChI=1S/C26H24N6O/c1-16-8-6-10-19(14-16)23-22(25(33)29-20-11-7-13-27-15-20)18(3)28-26-30-24(31-32(23)26)21-12-5-4-9-17(21)2/h4-15,23H,1-3H3,(H,29,33)(H,28,30,31). The van der Waals surface area contributed by atoms with E-state index >= 15 is 0 Å². The Morgan fingerprint density at radius 1 is 1.03 bits per heavy atom. The Hall–Kier alpha value is -4.26. The Balaban J connectivity index is 1.63. The number of benzene rings is 2. The van der Waals surface area contributed by atoms with Crippen molar-refractivity contribution in [2.24, 2.45) is 0 Å². The molecule has 7 nitrogen and oxygen atoms in total. The van der Waals surface area contributed by atoms with Crippen molar-refractivity contribution in [3.63, 3.8) is 0 Å². The summed E-state index contributed by atoms with van der Waals surface area (Å²) in [4.78, 5) is 22.4. The number of rotatable bonds is 4. The molecular formula is C26H24N6O. The summed E-state index contributed by atoms with van der Waals surface area (Å²) >= 11 is 0. The lowest BCUT2D eigenvalue weighted by Gasteiger charge is -2.28. The lowest BCUT2D eigenvalue weighted by Crippen LogP contribution is -2.31. The van der Waals surface area contributed by atoms with Gasteiger partial charge in [-0.1, -0.05) is 54.1 Å². The second-order valence-corrected chi connectivity index (χ2v) is 8.19. The van der Waals surface area contributed by atoms with Crippen LogP contribution in [0.4, 0.5) is 11.6 Å². The summed E-state index contributed by atoms with van der Waals surface area (Å²) in [5, 5.41) is 11.1. The van der Waals surface area contributed by atoms with Gasteiger partial charge in [-0.25, -0.2) is 4.68 Å². The average Bonchev–Trinajstić information content (AvgIpc) is 3.22. The van der Waals surface area contributed by atoms with Crippen molar-refractivity contribution in [1.29, 1.82) is 0 Å². The van der Waals surface area contributed by atoms with Gasteiger partial charge in [-0.15, -0.1) is 5.10 Å². The van der Waals surface area contributed by atoms with Crippen LogP contribution in [0.3, 0.4) is 0 Å². The summed E-state index contributed by atoms with van der Waals surface area (Å²) in [5.74, 6) is 1.02. The van der Waals surface area contributed by atoms with Crippen molar-refractivity contribution in [2.75, 3.05) is 10.6 Å². The third-order valence-corrected chi connectivity index (χ3v) is 5.76. The highest BCUT2D eigenvalue weighted by Gasteiger charge is 2.34. The third-order valence-electron chi connectivity index (χ3n) is 5.76. The van der Waals surface area contributed by atoms with Crippen LogP contribution in [0.25, 0.3) is 11.4 Å². The molecule has 2 N–H and O–H groups in total. The van der Waals surface area contributed by atoms with E-state index in [0.717, 1.165) is 28.0 Å². The van der Waals surface area contributed by atoms with Gasteiger partial charge < -0.3 is 10.6 Å². The van der Waals surface area contributed by atoms with Gasteiger partial charge in [0.1, 0.15) is 6.04 Å². The van der Waals surface area contributed by atoms with Gasteiger partial charge in [-0.05, 0) is 44.0 Å². The van der Waals surface area contributed by atoms with E-state index in [1.54, 1.807) is 18.5 Å². The Morgan fingerprint density at radius 2 is 1.88 bits per heavy atom. The highest BCUT2D eigenvalue weighted by atomic mass is 16.1. The summed E-state index contributed by atoms with van der Waals surface area (Å²) < 4.78 is 1.81. The normalized spacial score (nSPS) is 15.1. The first-order valence-corrected chi connectivity index (χ1v) is 10.8. The molecule has 0 saturated heterocycles. The smallest absolute Gasteiger partial charge is 0.255 e. The molecule has 0 bridgehead atoms. The minimum Gasteiger partial charge on any atom is -0.328 e. The molecule has 1 amide bonds. The van der Waals surface area contributed by atoms with E-state index < -0.39 is 6.04 Å². The maximum atomic E-state index is 13.5. The Bertz CT molecular complexity index is 1370. The second-order valence-electron chi connectivity index (χ2n) is 8.19. The number of aryl methyl sites for hydroxylation is 2. The number of pyridine rings is 1. The van der Waals surface area contributed by atoms with E-state index in [2.05, 4.69) is 21.7 Å². The first-order valence-electron chi connectivity index (χ1n) is 10.8. The fraction of sp³-hybridized carbons (Fsp3) is 0.154. The SMILES string of the molecule is CC1=C(C(=O)Nc2cccnc2)C(c2cccc(C)c2)n2nc(-c3ccccc3C)nc2N1. The summed E-state index contributed by atoms with van der Waals surface area (Å²) in [5.41, 5.74) is 6.08. The van der Waals surface area contributed by atoms with Crippen LogP contribution in [-0.2, 0) is 4.79 Å². The zero-order valence-electron chi connectivity index (χ0n) is 18.7. The maximum Gasteiger partial charge on any atom is 0.255 e. The van der Waals surface area contributed by atoms with E-state index in [-0.39, 0.29) is 5.91 Å². The molecule has 1 atom stereocenters. The van der Waals surface area contributed by atoms with Crippen LogP contribution in [0, 0.1) is 13.8 Å². The zero-order valence-corrected chi connectivity index (χ0v) is 18.7. The van der Waals surface area contributed by atoms with E-state index in [9.17, 15) is 4.79 Å². The summed E-state index contributed by atoms with van der Waals surface area (Å²) in [6, 6.07) is 19.3. The second kappa shape index (κ2) is 8.35. The highest BCUT2D eigenvalue weighted by molar-refractivity contribution is 6.05. The number of hydrogen-bond donors (Lipinski definition) is 2. The van der Waals surface area contributed by atoms with Crippen LogP contribution in [0.2, 0.25) is 0 Å². The van der Waals surface area contributed by atoms with Crippen molar-refractivity contribution >= 4 is 17.5 Å². The van der Waals surface area contributed by atoms with Gasteiger partial charge in [-0.2, -0.15) is 4.98 Å². The van der Waals surface area contributed by atoms with Crippen molar-refractivity contribution in [2.45, 2.75) is 26.8 Å². The number of allylic oxidation sites excluding steroid dienone is 1. The number of nitrogens with one attached hydrogen (secondary N) is 2. The maximum absolute atomic E-state index is 13.5. The van der Waals surface area contributed by atoms with Gasteiger partial charge in [-0.3, -0.25) is 9.78 Å². The number of nitrogens with zero attached hydrogens (tertiary/aromatic N) is 4. The molecule has 3 heterocycles. The molecule has 5 rings (SSSR count). The predicted octanol–water partition coefficient (Wildman–Crippen LogP) is 4.88. The molecule has 0 saturated carbocycles. The van der Waals surface area contributed by atoms with E-state index in [4.69, 9.17) is 10.1 Å². The van der Waals surface area contributed by atoms with Crippen molar-refractivity contribution < 1.29 is 4.79 Å². The molecule has 0 fully saturated rings. The minimum absolute atomic E-state index is 0.210. The van der Waals surface area contributed by atoms with Crippen LogP contribution >= 0.6 is 0 Å². The summed E-state index contributed by atoms with van der Waals surface area (Å²) in [7, 11) is 0. The Kier molecular flexibility index (Phi) is 5.22. The van der Waals surface area contributed by atoms with Gasteiger partial charge in [0.25, 0.3) is 5.91 Å².